The van der Waals surface area contributed by atoms with E-state index in [1.165, 1.54) is 38.5 Å². The molecule has 0 radical (unpaired) electrons. The fourth-order valence-electron chi connectivity index (χ4n) is 3.40. The highest BCUT2D eigenvalue weighted by Gasteiger charge is 2.33. The summed E-state index contributed by atoms with van der Waals surface area (Å²) in [5, 5.41) is 13.9. The first-order chi connectivity index (χ1) is 7.68. The summed E-state index contributed by atoms with van der Waals surface area (Å²) in [4.78, 5) is 0. The van der Waals surface area contributed by atoms with Gasteiger partial charge in [-0.05, 0) is 50.0 Å². The molecule has 2 aliphatic rings. The van der Waals surface area contributed by atoms with Gasteiger partial charge in [-0.2, -0.15) is 0 Å². The van der Waals surface area contributed by atoms with Crippen molar-refractivity contribution in [1.29, 1.82) is 0 Å². The Labute approximate surface area is 99.8 Å². The normalized spacial score (nSPS) is 42.9. The van der Waals surface area contributed by atoms with Gasteiger partial charge in [0.1, 0.15) is 0 Å². The topological polar surface area (TPSA) is 32.3 Å². The maximum atomic E-state index is 10.4. The molecule has 2 heteroatoms. The van der Waals surface area contributed by atoms with Crippen molar-refractivity contribution in [2.24, 2.45) is 17.8 Å². The van der Waals surface area contributed by atoms with Crippen LogP contribution < -0.4 is 5.32 Å². The molecule has 1 saturated heterocycles. The van der Waals surface area contributed by atoms with E-state index in [2.05, 4.69) is 19.2 Å². The summed E-state index contributed by atoms with van der Waals surface area (Å²) < 4.78 is 0. The Balaban J connectivity index is 1.86. The van der Waals surface area contributed by atoms with Gasteiger partial charge >= 0.3 is 0 Å². The van der Waals surface area contributed by atoms with Crippen LogP contribution in [0.1, 0.15) is 52.4 Å². The molecule has 94 valence electrons. The van der Waals surface area contributed by atoms with Crippen molar-refractivity contribution in [3.05, 3.63) is 0 Å². The molecule has 2 nitrogen and oxygen atoms in total. The van der Waals surface area contributed by atoms with E-state index in [0.29, 0.717) is 12.0 Å². The van der Waals surface area contributed by atoms with Gasteiger partial charge in [0.25, 0.3) is 0 Å². The molecule has 2 N–H and O–H groups in total. The number of hydrogen-bond donors (Lipinski definition) is 2. The summed E-state index contributed by atoms with van der Waals surface area (Å²) in [6, 6.07) is 0.374. The highest BCUT2D eigenvalue weighted by Crippen LogP contribution is 2.36. The number of aliphatic hydroxyl groups is 1. The van der Waals surface area contributed by atoms with Crippen molar-refractivity contribution < 1.29 is 5.11 Å². The van der Waals surface area contributed by atoms with E-state index in [1.807, 2.05) is 0 Å². The third-order valence-electron chi connectivity index (χ3n) is 4.88. The van der Waals surface area contributed by atoms with Crippen molar-refractivity contribution >= 4 is 0 Å². The van der Waals surface area contributed by atoms with Crippen molar-refractivity contribution in [1.82, 2.24) is 5.32 Å². The standard InChI is InChI=1S/C14H27NO/c1-10-6-7-12(9-11(10)2)14(16)13-5-3-4-8-15-13/h10-16H,3-9H2,1-2H3. The molecule has 0 aromatic carbocycles. The fourth-order valence-corrected chi connectivity index (χ4v) is 3.40. The zero-order valence-corrected chi connectivity index (χ0v) is 10.8. The Morgan fingerprint density at radius 1 is 1.06 bits per heavy atom. The zero-order chi connectivity index (χ0) is 11.5. The van der Waals surface area contributed by atoms with E-state index in [9.17, 15) is 5.11 Å². The predicted octanol–water partition coefficient (Wildman–Crippen LogP) is 2.56. The van der Waals surface area contributed by atoms with E-state index in [0.717, 1.165) is 18.4 Å². The van der Waals surface area contributed by atoms with Gasteiger partial charge in [-0.25, -0.2) is 0 Å². The molecule has 16 heavy (non-hydrogen) atoms. The van der Waals surface area contributed by atoms with Crippen LogP contribution in [0.4, 0.5) is 0 Å². The van der Waals surface area contributed by atoms with Crippen molar-refractivity contribution in [2.45, 2.75) is 64.5 Å². The van der Waals surface area contributed by atoms with Gasteiger partial charge in [0.15, 0.2) is 0 Å². The Hall–Kier alpha value is -0.0800. The van der Waals surface area contributed by atoms with Crippen molar-refractivity contribution in [3.63, 3.8) is 0 Å². The quantitative estimate of drug-likeness (QED) is 0.757. The molecular formula is C14H27NO. The number of hydrogen-bond acceptors (Lipinski definition) is 2. The van der Waals surface area contributed by atoms with Crippen LogP contribution in [-0.2, 0) is 0 Å². The molecule has 1 aliphatic heterocycles. The molecule has 0 spiro atoms. The third kappa shape index (κ3) is 2.78. The number of piperidine rings is 1. The van der Waals surface area contributed by atoms with Crippen LogP contribution in [0.15, 0.2) is 0 Å². The largest absolute Gasteiger partial charge is 0.391 e. The predicted molar refractivity (Wildman–Crippen MR) is 67.3 cm³/mol. The van der Waals surface area contributed by atoms with Crippen LogP contribution in [0.3, 0.4) is 0 Å². The number of nitrogens with one attached hydrogen (secondary N) is 1. The summed E-state index contributed by atoms with van der Waals surface area (Å²) in [6.07, 6.45) is 7.38. The molecule has 2 fully saturated rings. The highest BCUT2D eigenvalue weighted by atomic mass is 16.3. The second-order valence-electron chi connectivity index (χ2n) is 6.07. The van der Waals surface area contributed by atoms with Gasteiger partial charge in [0.2, 0.25) is 0 Å². The Kier molecular flexibility index (Phi) is 4.26. The van der Waals surface area contributed by atoms with Crippen molar-refractivity contribution in [3.8, 4) is 0 Å². The van der Waals surface area contributed by atoms with Gasteiger partial charge < -0.3 is 10.4 Å². The van der Waals surface area contributed by atoms with E-state index < -0.39 is 0 Å². The van der Waals surface area contributed by atoms with E-state index in [4.69, 9.17) is 0 Å². The molecule has 1 heterocycles. The second kappa shape index (κ2) is 5.50. The van der Waals surface area contributed by atoms with Gasteiger partial charge in [-0.3, -0.25) is 0 Å². The minimum Gasteiger partial charge on any atom is -0.391 e. The Morgan fingerprint density at radius 2 is 1.88 bits per heavy atom. The lowest BCUT2D eigenvalue weighted by Gasteiger charge is -2.39. The summed E-state index contributed by atoms with van der Waals surface area (Å²) in [7, 11) is 0. The van der Waals surface area contributed by atoms with Crippen LogP contribution >= 0.6 is 0 Å². The fraction of sp³-hybridized carbons (Fsp3) is 1.00. The molecule has 5 unspecified atom stereocenters. The molecule has 0 aromatic rings. The summed E-state index contributed by atoms with van der Waals surface area (Å²) >= 11 is 0. The molecule has 5 atom stereocenters. The van der Waals surface area contributed by atoms with Gasteiger partial charge in [-0.1, -0.05) is 26.7 Å². The smallest absolute Gasteiger partial charge is 0.0721 e. The maximum Gasteiger partial charge on any atom is 0.0721 e. The average molecular weight is 225 g/mol. The monoisotopic (exact) mass is 225 g/mol. The van der Waals surface area contributed by atoms with Gasteiger partial charge in [-0.15, -0.1) is 0 Å². The molecule has 0 bridgehead atoms. The van der Waals surface area contributed by atoms with Crippen molar-refractivity contribution in [2.75, 3.05) is 6.54 Å². The van der Waals surface area contributed by atoms with Crippen LogP contribution in [0.25, 0.3) is 0 Å². The highest BCUT2D eigenvalue weighted by molar-refractivity contribution is 4.87. The first kappa shape index (κ1) is 12.4. The second-order valence-corrected chi connectivity index (χ2v) is 6.07. The minimum absolute atomic E-state index is 0.102. The molecule has 1 aliphatic carbocycles. The molecule has 1 saturated carbocycles. The van der Waals surface area contributed by atoms with Gasteiger partial charge in [0, 0.05) is 6.04 Å². The summed E-state index contributed by atoms with van der Waals surface area (Å²) in [5.41, 5.74) is 0. The van der Waals surface area contributed by atoms with Gasteiger partial charge in [0.05, 0.1) is 6.10 Å². The van der Waals surface area contributed by atoms with E-state index >= 15 is 0 Å². The molecule has 0 aromatic heterocycles. The van der Waals surface area contributed by atoms with Crippen LogP contribution in [0.2, 0.25) is 0 Å². The first-order valence-corrected chi connectivity index (χ1v) is 7.10. The SMILES string of the molecule is CC1CCC(C(O)C2CCCCN2)CC1C. The molecular weight excluding hydrogens is 198 g/mol. The maximum absolute atomic E-state index is 10.4. The molecule has 2 rings (SSSR count). The van der Waals surface area contributed by atoms with Crippen LogP contribution in [0.5, 0.6) is 0 Å². The average Bonchev–Trinajstić information content (AvgIpc) is 2.33. The number of rotatable bonds is 2. The Bertz CT molecular complexity index is 213. The Morgan fingerprint density at radius 3 is 2.50 bits per heavy atom. The lowest BCUT2D eigenvalue weighted by molar-refractivity contribution is 0.0219. The minimum atomic E-state index is -0.102. The van der Waals surface area contributed by atoms with E-state index in [-0.39, 0.29) is 6.10 Å². The summed E-state index contributed by atoms with van der Waals surface area (Å²) in [6.45, 7) is 5.80. The first-order valence-electron chi connectivity index (χ1n) is 7.10. The lowest BCUT2D eigenvalue weighted by atomic mass is 9.72. The molecule has 0 amide bonds. The number of aliphatic hydroxyl groups excluding tert-OH is 1. The third-order valence-corrected chi connectivity index (χ3v) is 4.88. The summed E-state index contributed by atoms with van der Waals surface area (Å²) in [5.74, 6) is 2.18. The van der Waals surface area contributed by atoms with Crippen LogP contribution in [-0.4, -0.2) is 23.8 Å². The zero-order valence-electron chi connectivity index (χ0n) is 10.8. The lowest BCUT2D eigenvalue weighted by Crippen LogP contribution is -2.47. The van der Waals surface area contributed by atoms with E-state index in [1.54, 1.807) is 0 Å². The van der Waals surface area contributed by atoms with Crippen LogP contribution in [0, 0.1) is 17.8 Å².